The molecule has 2 aliphatic rings. The maximum Gasteiger partial charge on any atom is 0.246 e. The molecule has 166 valence electrons. The smallest absolute Gasteiger partial charge is 0.246 e. The Kier molecular flexibility index (Phi) is 6.48. The second-order valence-electron chi connectivity index (χ2n) is 8.20. The van der Waals surface area contributed by atoms with Crippen molar-refractivity contribution in [1.29, 1.82) is 0 Å². The number of hydrogen-bond donors (Lipinski definition) is 0. The molecule has 2 aromatic heterocycles. The van der Waals surface area contributed by atoms with E-state index in [1.165, 1.54) is 5.56 Å². The number of rotatable bonds is 6. The number of piperidine rings is 1. The summed E-state index contributed by atoms with van der Waals surface area (Å²) in [4.78, 5) is 15.9. The van der Waals surface area contributed by atoms with Crippen LogP contribution in [0.4, 0.5) is 0 Å². The van der Waals surface area contributed by atoms with Gasteiger partial charge in [0.1, 0.15) is 5.69 Å². The summed E-state index contributed by atoms with van der Waals surface area (Å²) in [5.74, 6) is 0.428. The van der Waals surface area contributed by atoms with Gasteiger partial charge in [0, 0.05) is 36.8 Å². The Bertz CT molecular complexity index is 1050. The Hall–Kier alpha value is -2.74. The zero-order valence-corrected chi connectivity index (χ0v) is 18.7. The zero-order chi connectivity index (χ0) is 21.8. The van der Waals surface area contributed by atoms with Gasteiger partial charge in [-0.25, -0.2) is 0 Å². The lowest BCUT2D eigenvalue weighted by Crippen LogP contribution is -2.40. The van der Waals surface area contributed by atoms with Gasteiger partial charge < -0.3 is 14.4 Å². The van der Waals surface area contributed by atoms with Crippen LogP contribution in [-0.2, 0) is 20.8 Å². The second kappa shape index (κ2) is 9.81. The number of carbonyl (C=O) groups is 1. The molecule has 2 saturated heterocycles. The van der Waals surface area contributed by atoms with Crippen LogP contribution < -0.4 is 0 Å². The summed E-state index contributed by atoms with van der Waals surface area (Å²) in [5, 5.41) is 6.86. The van der Waals surface area contributed by atoms with Gasteiger partial charge in [0.15, 0.2) is 6.29 Å². The Balaban J connectivity index is 1.28. The van der Waals surface area contributed by atoms with Crippen molar-refractivity contribution in [3.63, 3.8) is 0 Å². The molecule has 1 amide bonds. The molecule has 0 radical (unpaired) electrons. The largest absolute Gasteiger partial charge is 0.350 e. The fraction of sp³-hybridized carbons (Fsp3) is 0.360. The van der Waals surface area contributed by atoms with Crippen molar-refractivity contribution < 1.29 is 14.3 Å². The van der Waals surface area contributed by atoms with Crippen molar-refractivity contribution >= 4 is 23.3 Å². The third kappa shape index (κ3) is 4.85. The minimum absolute atomic E-state index is 0.0460. The summed E-state index contributed by atoms with van der Waals surface area (Å²) >= 11 is 1.66. The molecule has 3 aromatic rings. The molecule has 0 saturated carbocycles. The number of ether oxygens (including phenoxy) is 2. The number of thiophene rings is 1. The van der Waals surface area contributed by atoms with E-state index in [1.54, 1.807) is 17.4 Å². The van der Waals surface area contributed by atoms with Crippen LogP contribution in [0.15, 0.2) is 60.1 Å². The van der Waals surface area contributed by atoms with E-state index in [0.29, 0.717) is 25.7 Å². The Morgan fingerprint density at radius 1 is 1.09 bits per heavy atom. The SMILES string of the molecule is O=C(/C=C/c1cn(Cc2ccccc2)nc1-c1cccs1)N1CCC(C2OCCO2)CC1. The first-order valence-electron chi connectivity index (χ1n) is 11.1. The predicted octanol–water partition coefficient (Wildman–Crippen LogP) is 4.28. The number of benzene rings is 1. The molecule has 2 fully saturated rings. The minimum atomic E-state index is -0.0911. The number of hydrogen-bond acceptors (Lipinski definition) is 5. The number of aromatic nitrogens is 2. The summed E-state index contributed by atoms with van der Waals surface area (Å²) < 4.78 is 13.2. The highest BCUT2D eigenvalue weighted by atomic mass is 32.1. The topological polar surface area (TPSA) is 56.6 Å². The molecule has 0 atom stereocenters. The van der Waals surface area contributed by atoms with E-state index in [-0.39, 0.29) is 12.2 Å². The van der Waals surface area contributed by atoms with Gasteiger partial charge in [0.25, 0.3) is 0 Å². The summed E-state index contributed by atoms with van der Waals surface area (Å²) in [6.45, 7) is 3.53. The monoisotopic (exact) mass is 449 g/mol. The maximum absolute atomic E-state index is 12.8. The lowest BCUT2D eigenvalue weighted by Gasteiger charge is -2.33. The van der Waals surface area contributed by atoms with Crippen molar-refractivity contribution in [2.75, 3.05) is 26.3 Å². The summed E-state index contributed by atoms with van der Waals surface area (Å²) in [6.07, 6.45) is 7.35. The van der Waals surface area contributed by atoms with Gasteiger partial charge in [-0.15, -0.1) is 11.3 Å². The maximum atomic E-state index is 12.8. The van der Waals surface area contributed by atoms with E-state index in [4.69, 9.17) is 14.6 Å². The quantitative estimate of drug-likeness (QED) is 0.527. The van der Waals surface area contributed by atoms with E-state index >= 15 is 0 Å². The van der Waals surface area contributed by atoms with E-state index in [0.717, 1.165) is 42.1 Å². The highest BCUT2D eigenvalue weighted by Gasteiger charge is 2.31. The molecule has 2 aliphatic heterocycles. The molecule has 5 rings (SSSR count). The van der Waals surface area contributed by atoms with Crippen molar-refractivity contribution in [3.8, 4) is 10.6 Å². The Morgan fingerprint density at radius 2 is 1.88 bits per heavy atom. The molecule has 7 heteroatoms. The van der Waals surface area contributed by atoms with Crippen LogP contribution in [0.3, 0.4) is 0 Å². The fourth-order valence-corrected chi connectivity index (χ4v) is 5.05. The van der Waals surface area contributed by atoms with Crippen LogP contribution in [0.1, 0.15) is 24.0 Å². The van der Waals surface area contributed by atoms with Crippen LogP contribution in [0, 0.1) is 5.92 Å². The normalized spacial score (nSPS) is 18.1. The molecular weight excluding hydrogens is 422 g/mol. The highest BCUT2D eigenvalue weighted by Crippen LogP contribution is 2.29. The molecule has 6 nitrogen and oxygen atoms in total. The average molecular weight is 450 g/mol. The zero-order valence-electron chi connectivity index (χ0n) is 17.9. The number of nitrogens with zero attached hydrogens (tertiary/aromatic N) is 3. The molecule has 0 aliphatic carbocycles. The van der Waals surface area contributed by atoms with Crippen molar-refractivity contribution in [3.05, 3.63) is 71.2 Å². The molecule has 0 N–H and O–H groups in total. The minimum Gasteiger partial charge on any atom is -0.350 e. The van der Waals surface area contributed by atoms with Crippen LogP contribution in [0.2, 0.25) is 0 Å². The van der Waals surface area contributed by atoms with Gasteiger partial charge in [0.05, 0.1) is 24.6 Å². The molecule has 0 bridgehead atoms. The van der Waals surface area contributed by atoms with E-state index < -0.39 is 0 Å². The summed E-state index contributed by atoms with van der Waals surface area (Å²) in [7, 11) is 0. The van der Waals surface area contributed by atoms with Crippen LogP contribution in [-0.4, -0.2) is 53.2 Å². The molecule has 4 heterocycles. The highest BCUT2D eigenvalue weighted by molar-refractivity contribution is 7.13. The van der Waals surface area contributed by atoms with Gasteiger partial charge >= 0.3 is 0 Å². The summed E-state index contributed by atoms with van der Waals surface area (Å²) in [5.41, 5.74) is 3.06. The lowest BCUT2D eigenvalue weighted by atomic mass is 9.96. The third-order valence-electron chi connectivity index (χ3n) is 6.02. The molecule has 32 heavy (non-hydrogen) atoms. The van der Waals surface area contributed by atoms with Crippen LogP contribution in [0.5, 0.6) is 0 Å². The van der Waals surface area contributed by atoms with E-state index in [9.17, 15) is 4.79 Å². The van der Waals surface area contributed by atoms with Gasteiger partial charge in [0.2, 0.25) is 5.91 Å². The van der Waals surface area contributed by atoms with Gasteiger partial charge in [-0.3, -0.25) is 9.48 Å². The third-order valence-corrected chi connectivity index (χ3v) is 6.90. The standard InChI is InChI=1S/C25H27N3O3S/c29-23(27-12-10-20(11-13-27)25-30-14-15-31-25)9-8-21-18-28(17-19-5-2-1-3-6-19)26-24(21)22-7-4-16-32-22/h1-9,16,18,20,25H,10-15,17H2/b9-8+. The molecule has 1 aromatic carbocycles. The van der Waals surface area contributed by atoms with Crippen molar-refractivity contribution in [1.82, 2.24) is 14.7 Å². The number of amides is 1. The van der Waals surface area contributed by atoms with Crippen molar-refractivity contribution in [2.24, 2.45) is 5.92 Å². The van der Waals surface area contributed by atoms with Gasteiger partial charge in [-0.05, 0) is 35.9 Å². The van der Waals surface area contributed by atoms with E-state index in [1.807, 2.05) is 51.5 Å². The van der Waals surface area contributed by atoms with E-state index in [2.05, 4.69) is 18.2 Å². The van der Waals surface area contributed by atoms with Gasteiger partial charge in [-0.2, -0.15) is 5.10 Å². The van der Waals surface area contributed by atoms with Crippen LogP contribution >= 0.6 is 11.3 Å². The first-order valence-corrected chi connectivity index (χ1v) is 12.0. The average Bonchev–Trinajstić information content (AvgIpc) is 3.60. The molecular formula is C25H27N3O3S. The number of likely N-dealkylation sites (tertiary alicyclic amines) is 1. The lowest BCUT2D eigenvalue weighted by molar-refractivity contribution is -0.131. The summed E-state index contributed by atoms with van der Waals surface area (Å²) in [6, 6.07) is 14.4. The molecule has 0 spiro atoms. The number of carbonyl (C=O) groups excluding carboxylic acids is 1. The fourth-order valence-electron chi connectivity index (χ4n) is 4.32. The van der Waals surface area contributed by atoms with Crippen molar-refractivity contribution in [2.45, 2.75) is 25.7 Å². The van der Waals surface area contributed by atoms with Crippen LogP contribution in [0.25, 0.3) is 16.6 Å². The second-order valence-corrected chi connectivity index (χ2v) is 9.15. The Morgan fingerprint density at radius 3 is 2.59 bits per heavy atom. The first kappa shape index (κ1) is 21.1. The first-order chi connectivity index (χ1) is 15.8. The Labute approximate surface area is 192 Å². The van der Waals surface area contributed by atoms with Gasteiger partial charge in [-0.1, -0.05) is 36.4 Å². The predicted molar refractivity (Wildman–Crippen MR) is 125 cm³/mol. The molecule has 0 unspecified atom stereocenters.